The smallest absolute Gasteiger partial charge is 0.295 e. The van der Waals surface area contributed by atoms with E-state index in [1.54, 1.807) is 43.3 Å². The van der Waals surface area contributed by atoms with Gasteiger partial charge in [0, 0.05) is 12.1 Å². The van der Waals surface area contributed by atoms with Gasteiger partial charge in [0.15, 0.2) is 11.5 Å². The lowest BCUT2D eigenvalue weighted by atomic mass is 9.95. The van der Waals surface area contributed by atoms with Crippen molar-refractivity contribution in [1.82, 2.24) is 4.90 Å². The van der Waals surface area contributed by atoms with Crippen LogP contribution in [0, 0.1) is 0 Å². The van der Waals surface area contributed by atoms with Crippen LogP contribution in [0.15, 0.2) is 48.0 Å². The van der Waals surface area contributed by atoms with E-state index >= 15 is 0 Å². The lowest BCUT2D eigenvalue weighted by Crippen LogP contribution is -2.30. The highest BCUT2D eigenvalue weighted by Crippen LogP contribution is 2.42. The van der Waals surface area contributed by atoms with Gasteiger partial charge < -0.3 is 24.6 Å². The molecule has 1 aliphatic rings. The molecule has 0 aromatic heterocycles. The second-order valence-electron chi connectivity index (χ2n) is 7.46. The molecule has 1 amide bonds. The number of ketones is 1. The number of unbranched alkanes of at least 4 members (excludes halogenated alkanes) is 1. The predicted molar refractivity (Wildman–Crippen MR) is 121 cm³/mol. The van der Waals surface area contributed by atoms with Crippen LogP contribution in [-0.4, -0.2) is 46.6 Å². The molecule has 1 saturated heterocycles. The number of carbonyl (C=O) groups excluding carboxylic acids is 2. The molecule has 1 atom stereocenters. The molecule has 170 valence electrons. The average molecular weight is 440 g/mol. The molecule has 7 nitrogen and oxygen atoms in total. The zero-order valence-corrected chi connectivity index (χ0v) is 18.6. The van der Waals surface area contributed by atoms with Gasteiger partial charge in [-0.1, -0.05) is 19.4 Å². The number of Topliss-reactive ketones (excluding diaryl/α,β-unsaturated/α-hetero) is 1. The van der Waals surface area contributed by atoms with Crippen molar-refractivity contribution in [2.75, 3.05) is 19.8 Å². The summed E-state index contributed by atoms with van der Waals surface area (Å²) in [6.45, 7) is 6.90. The highest BCUT2D eigenvalue weighted by atomic mass is 16.5. The summed E-state index contributed by atoms with van der Waals surface area (Å²) in [4.78, 5) is 27.4. The Balaban J connectivity index is 2.13. The Morgan fingerprint density at radius 2 is 1.69 bits per heavy atom. The molecule has 0 spiro atoms. The third-order valence-electron chi connectivity index (χ3n) is 5.33. The minimum Gasteiger partial charge on any atom is -0.507 e. The molecule has 1 fully saturated rings. The quantitative estimate of drug-likeness (QED) is 0.341. The maximum atomic E-state index is 13.0. The molecule has 0 aliphatic carbocycles. The maximum Gasteiger partial charge on any atom is 0.295 e. The Bertz CT molecular complexity index is 1010. The van der Waals surface area contributed by atoms with Crippen LogP contribution in [0.1, 0.15) is 50.8 Å². The topological polar surface area (TPSA) is 96.3 Å². The molecule has 0 radical (unpaired) electrons. The molecule has 32 heavy (non-hydrogen) atoms. The van der Waals surface area contributed by atoms with Crippen molar-refractivity contribution in [3.05, 3.63) is 59.2 Å². The summed E-state index contributed by atoms with van der Waals surface area (Å²) < 4.78 is 10.9. The monoisotopic (exact) mass is 439 g/mol. The molecule has 0 saturated carbocycles. The molecule has 1 unspecified atom stereocenters. The second-order valence-corrected chi connectivity index (χ2v) is 7.46. The number of carbonyl (C=O) groups is 2. The van der Waals surface area contributed by atoms with Crippen LogP contribution in [0.2, 0.25) is 0 Å². The number of rotatable bonds is 9. The van der Waals surface area contributed by atoms with Gasteiger partial charge in [-0.25, -0.2) is 0 Å². The summed E-state index contributed by atoms with van der Waals surface area (Å²) in [6.07, 6.45) is 1.55. The van der Waals surface area contributed by atoms with E-state index in [2.05, 4.69) is 0 Å². The number of hydrogen-bond acceptors (Lipinski definition) is 6. The van der Waals surface area contributed by atoms with E-state index in [1.165, 1.54) is 11.0 Å². The summed E-state index contributed by atoms with van der Waals surface area (Å²) in [5, 5.41) is 21.2. The van der Waals surface area contributed by atoms with E-state index in [-0.39, 0.29) is 22.8 Å². The fraction of sp³-hybridized carbons (Fsp3) is 0.360. The lowest BCUT2D eigenvalue weighted by Gasteiger charge is -2.25. The van der Waals surface area contributed by atoms with Crippen LogP contribution < -0.4 is 9.47 Å². The van der Waals surface area contributed by atoms with Crippen molar-refractivity contribution in [1.29, 1.82) is 0 Å². The van der Waals surface area contributed by atoms with E-state index in [0.717, 1.165) is 6.42 Å². The first-order valence-electron chi connectivity index (χ1n) is 10.9. The van der Waals surface area contributed by atoms with E-state index in [1.807, 2.05) is 13.8 Å². The molecule has 2 N–H and O–H groups in total. The third kappa shape index (κ3) is 4.56. The minimum atomic E-state index is -0.784. The summed E-state index contributed by atoms with van der Waals surface area (Å²) in [6, 6.07) is 10.6. The standard InChI is InChI=1S/C25H29NO6/c1-4-7-14-26-22(17-10-13-19(27)20(15-17)32-6-3)21(24(29)25(26)30)23(28)16-8-11-18(12-9-16)31-5-2/h8-13,15,22,27-28H,4-7,14H2,1-3H3/b23-21-. The number of aliphatic hydroxyl groups is 1. The third-order valence-corrected chi connectivity index (χ3v) is 5.33. The SMILES string of the molecule is CCCCN1C(=O)C(=O)/C(=C(\O)c2ccc(OCC)cc2)C1c1ccc(O)c(OCC)c1. The Hall–Kier alpha value is -3.48. The molecule has 7 heteroatoms. The van der Waals surface area contributed by atoms with Crippen molar-refractivity contribution in [2.45, 2.75) is 39.7 Å². The van der Waals surface area contributed by atoms with Crippen molar-refractivity contribution in [2.24, 2.45) is 0 Å². The summed E-state index contributed by atoms with van der Waals surface area (Å²) in [5.74, 6) is -0.768. The minimum absolute atomic E-state index is 0.0170. The van der Waals surface area contributed by atoms with E-state index in [0.29, 0.717) is 43.1 Å². The van der Waals surface area contributed by atoms with E-state index < -0.39 is 17.7 Å². The van der Waals surface area contributed by atoms with Crippen molar-refractivity contribution < 1.29 is 29.3 Å². The van der Waals surface area contributed by atoms with Crippen LogP contribution in [0.3, 0.4) is 0 Å². The molecule has 1 aliphatic heterocycles. The van der Waals surface area contributed by atoms with Crippen LogP contribution in [0.4, 0.5) is 0 Å². The zero-order chi connectivity index (χ0) is 23.3. The first-order valence-corrected chi connectivity index (χ1v) is 10.9. The zero-order valence-electron chi connectivity index (χ0n) is 18.6. The number of nitrogens with zero attached hydrogens (tertiary/aromatic N) is 1. The van der Waals surface area contributed by atoms with Gasteiger partial charge in [-0.2, -0.15) is 0 Å². The predicted octanol–water partition coefficient (Wildman–Crippen LogP) is 4.41. The van der Waals surface area contributed by atoms with Crippen LogP contribution in [0.5, 0.6) is 17.2 Å². The highest BCUT2D eigenvalue weighted by molar-refractivity contribution is 6.46. The maximum absolute atomic E-state index is 13.0. The number of ether oxygens (including phenoxy) is 2. The number of phenols is 1. The summed E-state index contributed by atoms with van der Waals surface area (Å²) in [7, 11) is 0. The largest absolute Gasteiger partial charge is 0.507 e. The number of phenolic OH excluding ortho intramolecular Hbond substituents is 1. The molecule has 0 bridgehead atoms. The first-order chi connectivity index (χ1) is 15.4. The fourth-order valence-corrected chi connectivity index (χ4v) is 3.79. The van der Waals surface area contributed by atoms with Crippen molar-refractivity contribution in [3.63, 3.8) is 0 Å². The van der Waals surface area contributed by atoms with Crippen LogP contribution in [-0.2, 0) is 9.59 Å². The Labute approximate surface area is 187 Å². The van der Waals surface area contributed by atoms with Gasteiger partial charge in [-0.05, 0) is 62.2 Å². The number of aliphatic hydroxyl groups excluding tert-OH is 1. The fourth-order valence-electron chi connectivity index (χ4n) is 3.79. The molecule has 2 aromatic rings. The van der Waals surface area contributed by atoms with Crippen LogP contribution >= 0.6 is 0 Å². The first kappa shape index (κ1) is 23.2. The van der Waals surface area contributed by atoms with Crippen molar-refractivity contribution >= 4 is 17.4 Å². The summed E-state index contributed by atoms with van der Waals surface area (Å²) in [5.41, 5.74) is 1.01. The molecular formula is C25H29NO6. The summed E-state index contributed by atoms with van der Waals surface area (Å²) >= 11 is 0. The normalized spacial score (nSPS) is 17.6. The second kappa shape index (κ2) is 10.2. The molecule has 3 rings (SSSR count). The molecular weight excluding hydrogens is 410 g/mol. The number of aromatic hydroxyl groups is 1. The lowest BCUT2D eigenvalue weighted by molar-refractivity contribution is -0.139. The number of hydrogen-bond donors (Lipinski definition) is 2. The van der Waals surface area contributed by atoms with Gasteiger partial charge in [-0.15, -0.1) is 0 Å². The van der Waals surface area contributed by atoms with Gasteiger partial charge in [-0.3, -0.25) is 9.59 Å². The Morgan fingerprint density at radius 1 is 1.00 bits per heavy atom. The van der Waals surface area contributed by atoms with Gasteiger partial charge in [0.25, 0.3) is 11.7 Å². The van der Waals surface area contributed by atoms with Gasteiger partial charge in [0.1, 0.15) is 11.5 Å². The Kier molecular flexibility index (Phi) is 7.41. The Morgan fingerprint density at radius 3 is 2.31 bits per heavy atom. The van der Waals surface area contributed by atoms with Gasteiger partial charge in [0.2, 0.25) is 0 Å². The number of likely N-dealkylation sites (tertiary alicyclic amines) is 1. The van der Waals surface area contributed by atoms with Gasteiger partial charge in [0.05, 0.1) is 24.8 Å². The van der Waals surface area contributed by atoms with Crippen molar-refractivity contribution in [3.8, 4) is 17.2 Å². The molecule has 2 aromatic carbocycles. The highest BCUT2D eigenvalue weighted by Gasteiger charge is 2.45. The van der Waals surface area contributed by atoms with Gasteiger partial charge >= 0.3 is 0 Å². The molecule has 1 heterocycles. The number of amides is 1. The average Bonchev–Trinajstić information content (AvgIpc) is 3.04. The van der Waals surface area contributed by atoms with E-state index in [4.69, 9.17) is 9.47 Å². The van der Waals surface area contributed by atoms with E-state index in [9.17, 15) is 19.8 Å². The number of benzene rings is 2. The van der Waals surface area contributed by atoms with Crippen LogP contribution in [0.25, 0.3) is 5.76 Å².